The first-order chi connectivity index (χ1) is 16.0. The number of nitrogens with one attached hydrogen (secondary N) is 2. The SMILES string of the molecule is CCn1c(SCc2nc3ccccc3c(=O)[nH]2)nnc1C(C)NC(=O)c1ccccc1OC. The van der Waals surface area contributed by atoms with Gasteiger partial charge in [0.25, 0.3) is 11.5 Å². The maximum atomic E-state index is 12.8. The lowest BCUT2D eigenvalue weighted by Gasteiger charge is -2.16. The summed E-state index contributed by atoms with van der Waals surface area (Å²) in [5, 5.41) is 12.8. The van der Waals surface area contributed by atoms with Crippen molar-refractivity contribution in [2.75, 3.05) is 7.11 Å². The van der Waals surface area contributed by atoms with E-state index in [1.54, 1.807) is 24.3 Å². The average Bonchev–Trinajstić information content (AvgIpc) is 3.25. The Morgan fingerprint density at radius 2 is 1.94 bits per heavy atom. The Balaban J connectivity index is 1.50. The van der Waals surface area contributed by atoms with Crippen molar-refractivity contribution in [2.45, 2.75) is 37.3 Å². The molecule has 1 atom stereocenters. The van der Waals surface area contributed by atoms with Gasteiger partial charge in [0.1, 0.15) is 11.6 Å². The molecule has 0 spiro atoms. The summed E-state index contributed by atoms with van der Waals surface area (Å²) in [5.74, 6) is 1.89. The molecule has 0 radical (unpaired) electrons. The third kappa shape index (κ3) is 4.75. The molecule has 4 aromatic rings. The summed E-state index contributed by atoms with van der Waals surface area (Å²) >= 11 is 1.43. The summed E-state index contributed by atoms with van der Waals surface area (Å²) < 4.78 is 7.22. The number of fused-ring (bicyclic) bond motifs is 1. The van der Waals surface area contributed by atoms with Gasteiger partial charge in [0, 0.05) is 6.54 Å². The molecule has 2 heterocycles. The van der Waals surface area contributed by atoms with Crippen LogP contribution in [0.5, 0.6) is 5.75 Å². The van der Waals surface area contributed by atoms with E-state index in [-0.39, 0.29) is 17.5 Å². The molecule has 2 N–H and O–H groups in total. The number of rotatable bonds is 8. The molecule has 4 rings (SSSR count). The lowest BCUT2D eigenvalue weighted by molar-refractivity contribution is 0.0934. The van der Waals surface area contributed by atoms with Gasteiger partial charge in [-0.1, -0.05) is 36.0 Å². The van der Waals surface area contributed by atoms with Crippen LogP contribution in [0.15, 0.2) is 58.5 Å². The van der Waals surface area contributed by atoms with E-state index in [1.807, 2.05) is 42.7 Å². The molecule has 0 saturated heterocycles. The van der Waals surface area contributed by atoms with Gasteiger partial charge in [-0.05, 0) is 38.1 Å². The molecule has 1 unspecified atom stereocenters. The van der Waals surface area contributed by atoms with E-state index in [0.29, 0.717) is 51.3 Å². The molecule has 0 saturated carbocycles. The highest BCUT2D eigenvalue weighted by Gasteiger charge is 2.21. The number of nitrogens with zero attached hydrogens (tertiary/aromatic N) is 4. The second kappa shape index (κ2) is 9.86. The van der Waals surface area contributed by atoms with Crippen LogP contribution in [-0.2, 0) is 12.3 Å². The van der Waals surface area contributed by atoms with Crippen LogP contribution in [0.4, 0.5) is 0 Å². The van der Waals surface area contributed by atoms with E-state index in [9.17, 15) is 9.59 Å². The second-order valence-electron chi connectivity index (χ2n) is 7.30. The number of ether oxygens (including phenoxy) is 1. The Morgan fingerprint density at radius 3 is 2.73 bits per heavy atom. The Labute approximate surface area is 194 Å². The van der Waals surface area contributed by atoms with Gasteiger partial charge in [-0.25, -0.2) is 4.98 Å². The molecule has 0 fully saturated rings. The van der Waals surface area contributed by atoms with Crippen molar-refractivity contribution in [1.29, 1.82) is 0 Å². The zero-order valence-corrected chi connectivity index (χ0v) is 19.3. The number of hydrogen-bond acceptors (Lipinski definition) is 7. The first-order valence-electron chi connectivity index (χ1n) is 10.5. The lowest BCUT2D eigenvalue weighted by Crippen LogP contribution is -2.29. The van der Waals surface area contributed by atoms with Gasteiger partial charge in [-0.2, -0.15) is 0 Å². The van der Waals surface area contributed by atoms with Crippen LogP contribution >= 0.6 is 11.8 Å². The normalized spacial score (nSPS) is 12.0. The van der Waals surface area contributed by atoms with Crippen molar-refractivity contribution in [3.05, 3.63) is 76.1 Å². The van der Waals surface area contributed by atoms with Crippen LogP contribution in [0.25, 0.3) is 10.9 Å². The van der Waals surface area contributed by atoms with Crippen LogP contribution in [0.1, 0.15) is 41.9 Å². The fourth-order valence-electron chi connectivity index (χ4n) is 3.53. The van der Waals surface area contributed by atoms with Crippen LogP contribution in [0.3, 0.4) is 0 Å². The van der Waals surface area contributed by atoms with E-state index in [0.717, 1.165) is 0 Å². The number of carbonyl (C=O) groups excluding carboxylic acids is 1. The van der Waals surface area contributed by atoms with Crippen LogP contribution in [0, 0.1) is 0 Å². The highest BCUT2D eigenvalue weighted by Crippen LogP contribution is 2.24. The molecule has 10 heteroatoms. The molecule has 0 aliphatic carbocycles. The number of H-pyrrole nitrogens is 1. The van der Waals surface area contributed by atoms with E-state index in [1.165, 1.54) is 18.9 Å². The largest absolute Gasteiger partial charge is 0.496 e. The summed E-state index contributed by atoms with van der Waals surface area (Å²) in [7, 11) is 1.53. The van der Waals surface area contributed by atoms with E-state index in [2.05, 4.69) is 25.5 Å². The number of aromatic amines is 1. The molecule has 1 amide bonds. The van der Waals surface area contributed by atoms with Crippen LogP contribution in [0.2, 0.25) is 0 Å². The van der Waals surface area contributed by atoms with Crippen LogP contribution < -0.4 is 15.6 Å². The number of benzene rings is 2. The van der Waals surface area contributed by atoms with Crippen molar-refractivity contribution in [2.24, 2.45) is 0 Å². The summed E-state index contributed by atoms with van der Waals surface area (Å²) in [5.41, 5.74) is 0.944. The molecule has 0 aliphatic rings. The fraction of sp³-hybridized carbons (Fsp3) is 0.261. The summed E-state index contributed by atoms with van der Waals surface area (Å²) in [4.78, 5) is 32.4. The maximum Gasteiger partial charge on any atom is 0.258 e. The first kappa shape index (κ1) is 22.5. The first-order valence-corrected chi connectivity index (χ1v) is 11.5. The van der Waals surface area contributed by atoms with Crippen molar-refractivity contribution < 1.29 is 9.53 Å². The number of aromatic nitrogens is 5. The molecule has 170 valence electrons. The third-order valence-electron chi connectivity index (χ3n) is 5.15. The summed E-state index contributed by atoms with van der Waals surface area (Å²) in [6.45, 7) is 4.48. The molecule has 0 bridgehead atoms. The summed E-state index contributed by atoms with van der Waals surface area (Å²) in [6, 6.07) is 13.9. The number of thioether (sulfide) groups is 1. The molecule has 2 aromatic heterocycles. The van der Waals surface area contributed by atoms with Gasteiger partial charge in [-0.3, -0.25) is 9.59 Å². The minimum atomic E-state index is -0.372. The van der Waals surface area contributed by atoms with E-state index in [4.69, 9.17) is 4.74 Å². The predicted octanol–water partition coefficient (Wildman–Crippen LogP) is 3.33. The smallest absolute Gasteiger partial charge is 0.258 e. The minimum Gasteiger partial charge on any atom is -0.496 e. The van der Waals surface area contributed by atoms with Crippen LogP contribution in [-0.4, -0.2) is 37.7 Å². The monoisotopic (exact) mass is 464 g/mol. The van der Waals surface area contributed by atoms with E-state index < -0.39 is 0 Å². The zero-order chi connectivity index (χ0) is 23.4. The molecular formula is C23H24N6O3S. The van der Waals surface area contributed by atoms with Crippen molar-refractivity contribution in [1.82, 2.24) is 30.0 Å². The van der Waals surface area contributed by atoms with Gasteiger partial charge in [-0.15, -0.1) is 10.2 Å². The number of methoxy groups -OCH3 is 1. The van der Waals surface area contributed by atoms with Gasteiger partial charge in [0.15, 0.2) is 11.0 Å². The van der Waals surface area contributed by atoms with Gasteiger partial charge in [0.2, 0.25) is 0 Å². The van der Waals surface area contributed by atoms with Crippen molar-refractivity contribution >= 4 is 28.6 Å². The molecule has 33 heavy (non-hydrogen) atoms. The molecule has 2 aromatic carbocycles. The Kier molecular flexibility index (Phi) is 6.74. The van der Waals surface area contributed by atoms with Crippen molar-refractivity contribution in [3.8, 4) is 5.75 Å². The number of amides is 1. The third-order valence-corrected chi connectivity index (χ3v) is 6.13. The molecule has 0 aliphatic heterocycles. The zero-order valence-electron chi connectivity index (χ0n) is 18.5. The highest BCUT2D eigenvalue weighted by atomic mass is 32.2. The Hall–Kier alpha value is -3.66. The van der Waals surface area contributed by atoms with E-state index >= 15 is 0 Å². The standard InChI is InChI=1S/C23H24N6O3S/c1-4-29-20(14(2)24-22(31)16-10-6-8-12-18(16)32-3)27-28-23(29)33-13-19-25-17-11-7-5-9-15(17)21(30)26-19/h5-12,14H,4,13H2,1-3H3,(H,24,31)(H,25,26,30). The number of hydrogen-bond donors (Lipinski definition) is 2. The van der Waals surface area contributed by atoms with Gasteiger partial charge in [0.05, 0.1) is 35.4 Å². The minimum absolute atomic E-state index is 0.165. The predicted molar refractivity (Wildman–Crippen MR) is 126 cm³/mol. The Bertz CT molecular complexity index is 1350. The quantitative estimate of drug-likeness (QED) is 0.384. The molecular weight excluding hydrogens is 440 g/mol. The topological polar surface area (TPSA) is 115 Å². The highest BCUT2D eigenvalue weighted by molar-refractivity contribution is 7.98. The average molecular weight is 465 g/mol. The van der Waals surface area contributed by atoms with Crippen molar-refractivity contribution in [3.63, 3.8) is 0 Å². The molecule has 9 nitrogen and oxygen atoms in total. The van der Waals surface area contributed by atoms with Gasteiger partial charge >= 0.3 is 0 Å². The second-order valence-corrected chi connectivity index (χ2v) is 8.24. The number of para-hydroxylation sites is 2. The Morgan fingerprint density at radius 1 is 1.18 bits per heavy atom. The maximum absolute atomic E-state index is 12.8. The number of carbonyl (C=O) groups is 1. The fourth-order valence-corrected chi connectivity index (χ4v) is 4.41. The summed E-state index contributed by atoms with van der Waals surface area (Å²) in [6.07, 6.45) is 0. The van der Waals surface area contributed by atoms with Gasteiger partial charge < -0.3 is 19.6 Å². The lowest BCUT2D eigenvalue weighted by atomic mass is 10.1.